The standard InChI is InChI=1S/C29H22N8S/c1-2-5-18(6-3-1)11-30-12-19-9-20(14-31-13-19)21-10-22-27(36-37-28(22)33-15-21)29-34-24-17-32-16-23(26(24)35-29)25-7-4-8-38-25/h1-10,13-17,30H,11-12H2,(H,34,35)(H,33,36,37). The zero-order chi connectivity index (χ0) is 25.3. The molecule has 0 aliphatic heterocycles. The Kier molecular flexibility index (Phi) is 5.69. The van der Waals surface area contributed by atoms with Gasteiger partial charge in [-0.1, -0.05) is 36.4 Å². The first-order valence-corrected chi connectivity index (χ1v) is 13.1. The number of nitrogens with zero attached hydrogens (tertiary/aromatic N) is 5. The number of aromatic amines is 2. The SMILES string of the molecule is c1ccc(CNCc2cncc(-c3cnc4n[nH]c(-c5nc6c(-c7cccs7)cncc6[nH]5)c4c3)c2)cc1. The van der Waals surface area contributed by atoms with E-state index in [-0.39, 0.29) is 0 Å². The minimum atomic E-state index is 0.634. The molecule has 3 N–H and O–H groups in total. The minimum absolute atomic E-state index is 0.634. The van der Waals surface area contributed by atoms with Crippen LogP contribution in [0.1, 0.15) is 11.1 Å². The highest BCUT2D eigenvalue weighted by Gasteiger charge is 2.16. The van der Waals surface area contributed by atoms with Crippen molar-refractivity contribution in [1.29, 1.82) is 0 Å². The summed E-state index contributed by atoms with van der Waals surface area (Å²) in [4.78, 5) is 23.0. The molecular weight excluding hydrogens is 492 g/mol. The van der Waals surface area contributed by atoms with Crippen LogP contribution in [0.25, 0.3) is 55.2 Å². The van der Waals surface area contributed by atoms with Gasteiger partial charge in [-0.05, 0) is 34.7 Å². The molecule has 0 saturated carbocycles. The van der Waals surface area contributed by atoms with E-state index in [4.69, 9.17) is 4.98 Å². The lowest BCUT2D eigenvalue weighted by molar-refractivity contribution is 0.691. The number of nitrogens with one attached hydrogen (secondary N) is 3. The lowest BCUT2D eigenvalue weighted by Crippen LogP contribution is -2.12. The summed E-state index contributed by atoms with van der Waals surface area (Å²) >= 11 is 1.67. The van der Waals surface area contributed by atoms with Crippen molar-refractivity contribution in [3.05, 3.63) is 102 Å². The van der Waals surface area contributed by atoms with E-state index in [0.29, 0.717) is 11.5 Å². The van der Waals surface area contributed by atoms with Crippen molar-refractivity contribution in [2.24, 2.45) is 0 Å². The van der Waals surface area contributed by atoms with Gasteiger partial charge < -0.3 is 10.3 Å². The number of H-pyrrole nitrogens is 2. The minimum Gasteiger partial charge on any atom is -0.335 e. The highest BCUT2D eigenvalue weighted by Crippen LogP contribution is 2.33. The van der Waals surface area contributed by atoms with E-state index in [1.54, 1.807) is 17.5 Å². The summed E-state index contributed by atoms with van der Waals surface area (Å²) in [6.45, 7) is 1.53. The first-order chi connectivity index (χ1) is 18.8. The quantitative estimate of drug-likeness (QED) is 0.242. The Balaban J connectivity index is 1.20. The molecule has 9 heteroatoms. The van der Waals surface area contributed by atoms with Crippen LogP contribution in [-0.4, -0.2) is 35.1 Å². The number of rotatable bonds is 7. The van der Waals surface area contributed by atoms with E-state index in [1.807, 2.05) is 36.9 Å². The van der Waals surface area contributed by atoms with Gasteiger partial charge in [0.2, 0.25) is 0 Å². The summed E-state index contributed by atoms with van der Waals surface area (Å²) < 4.78 is 0. The van der Waals surface area contributed by atoms with Crippen LogP contribution in [-0.2, 0) is 13.1 Å². The molecule has 7 rings (SSSR count). The van der Waals surface area contributed by atoms with Crippen LogP contribution in [0.4, 0.5) is 0 Å². The molecular formula is C29H22N8S. The van der Waals surface area contributed by atoms with Gasteiger partial charge in [0.15, 0.2) is 11.5 Å². The molecule has 0 spiro atoms. The smallest absolute Gasteiger partial charge is 0.181 e. The fourth-order valence-corrected chi connectivity index (χ4v) is 5.33. The van der Waals surface area contributed by atoms with Crippen LogP contribution >= 0.6 is 11.3 Å². The van der Waals surface area contributed by atoms with Crippen LogP contribution in [0, 0.1) is 0 Å². The normalized spacial score (nSPS) is 11.5. The maximum absolute atomic E-state index is 4.93. The first kappa shape index (κ1) is 22.5. The second-order valence-corrected chi connectivity index (χ2v) is 9.96. The van der Waals surface area contributed by atoms with Gasteiger partial charge in [-0.2, -0.15) is 5.10 Å². The lowest BCUT2D eigenvalue weighted by Gasteiger charge is -2.07. The molecule has 1 aromatic carbocycles. The van der Waals surface area contributed by atoms with Crippen molar-refractivity contribution in [2.45, 2.75) is 13.1 Å². The van der Waals surface area contributed by atoms with E-state index in [0.717, 1.165) is 62.3 Å². The van der Waals surface area contributed by atoms with Gasteiger partial charge in [0.25, 0.3) is 0 Å². The fourth-order valence-electron chi connectivity index (χ4n) is 4.59. The second kappa shape index (κ2) is 9.62. The first-order valence-electron chi connectivity index (χ1n) is 12.2. The fraction of sp³-hybridized carbons (Fsp3) is 0.0690. The third-order valence-corrected chi connectivity index (χ3v) is 7.36. The second-order valence-electron chi connectivity index (χ2n) is 9.01. The highest BCUT2D eigenvalue weighted by atomic mass is 32.1. The number of aromatic nitrogens is 7. The van der Waals surface area contributed by atoms with Crippen molar-refractivity contribution >= 4 is 33.4 Å². The lowest BCUT2D eigenvalue weighted by atomic mass is 10.1. The maximum Gasteiger partial charge on any atom is 0.181 e. The Morgan fingerprint density at radius 1 is 0.816 bits per heavy atom. The van der Waals surface area contributed by atoms with Crippen molar-refractivity contribution in [2.75, 3.05) is 0 Å². The van der Waals surface area contributed by atoms with E-state index in [9.17, 15) is 0 Å². The summed E-state index contributed by atoms with van der Waals surface area (Å²) in [5.41, 5.74) is 8.51. The summed E-state index contributed by atoms with van der Waals surface area (Å²) in [6, 6.07) is 18.7. The van der Waals surface area contributed by atoms with Crippen LogP contribution in [0.3, 0.4) is 0 Å². The Bertz CT molecular complexity index is 1850. The van der Waals surface area contributed by atoms with Crippen LogP contribution in [0.2, 0.25) is 0 Å². The summed E-state index contributed by atoms with van der Waals surface area (Å²) in [7, 11) is 0. The molecule has 0 radical (unpaired) electrons. The predicted molar refractivity (Wildman–Crippen MR) is 150 cm³/mol. The number of fused-ring (bicyclic) bond motifs is 2. The topological polar surface area (TPSA) is 108 Å². The van der Waals surface area contributed by atoms with Gasteiger partial charge in [-0.15, -0.1) is 11.3 Å². The molecule has 7 aromatic rings. The number of hydrogen-bond donors (Lipinski definition) is 3. The molecule has 0 amide bonds. The molecule has 38 heavy (non-hydrogen) atoms. The molecule has 0 unspecified atom stereocenters. The average Bonchev–Trinajstić information content (AvgIpc) is 3.73. The Morgan fingerprint density at radius 3 is 2.58 bits per heavy atom. The molecule has 6 heterocycles. The number of hydrogen-bond acceptors (Lipinski definition) is 7. The van der Waals surface area contributed by atoms with Gasteiger partial charge in [-0.25, -0.2) is 9.97 Å². The summed E-state index contributed by atoms with van der Waals surface area (Å²) in [5, 5.41) is 14.0. The van der Waals surface area contributed by atoms with Gasteiger partial charge in [0.1, 0.15) is 11.2 Å². The highest BCUT2D eigenvalue weighted by molar-refractivity contribution is 7.13. The van der Waals surface area contributed by atoms with Crippen LogP contribution < -0.4 is 5.32 Å². The number of pyridine rings is 3. The van der Waals surface area contributed by atoms with E-state index in [2.05, 4.69) is 83.3 Å². The van der Waals surface area contributed by atoms with Crippen LogP contribution in [0.5, 0.6) is 0 Å². The summed E-state index contributed by atoms with van der Waals surface area (Å²) in [5.74, 6) is 0.698. The van der Waals surface area contributed by atoms with Crippen molar-refractivity contribution < 1.29 is 0 Å². The van der Waals surface area contributed by atoms with E-state index in [1.165, 1.54) is 5.56 Å². The molecule has 0 aliphatic rings. The number of imidazole rings is 1. The average molecular weight is 515 g/mol. The monoisotopic (exact) mass is 514 g/mol. The Labute approximate surface area is 221 Å². The van der Waals surface area contributed by atoms with Gasteiger partial charge in [-0.3, -0.25) is 15.1 Å². The maximum atomic E-state index is 4.93. The zero-order valence-corrected chi connectivity index (χ0v) is 21.0. The van der Waals surface area contributed by atoms with Gasteiger partial charge >= 0.3 is 0 Å². The van der Waals surface area contributed by atoms with Crippen molar-refractivity contribution in [3.63, 3.8) is 0 Å². The predicted octanol–water partition coefficient (Wildman–Crippen LogP) is 5.98. The van der Waals surface area contributed by atoms with Crippen LogP contribution in [0.15, 0.2) is 91.0 Å². The Morgan fingerprint density at radius 2 is 1.68 bits per heavy atom. The third-order valence-electron chi connectivity index (χ3n) is 6.46. The third kappa shape index (κ3) is 4.23. The molecule has 0 aliphatic carbocycles. The van der Waals surface area contributed by atoms with Gasteiger partial charge in [0, 0.05) is 59.4 Å². The molecule has 8 nitrogen and oxygen atoms in total. The summed E-state index contributed by atoms with van der Waals surface area (Å²) in [6.07, 6.45) is 9.25. The Hall–Kier alpha value is -4.73. The zero-order valence-electron chi connectivity index (χ0n) is 20.2. The van der Waals surface area contributed by atoms with E-state index < -0.39 is 0 Å². The largest absolute Gasteiger partial charge is 0.335 e. The molecule has 0 atom stereocenters. The molecule has 0 saturated heterocycles. The number of thiophene rings is 1. The van der Waals surface area contributed by atoms with Crippen molar-refractivity contribution in [1.82, 2.24) is 40.4 Å². The number of benzene rings is 1. The van der Waals surface area contributed by atoms with Crippen molar-refractivity contribution in [3.8, 4) is 33.1 Å². The van der Waals surface area contributed by atoms with E-state index >= 15 is 0 Å². The molecule has 0 bridgehead atoms. The van der Waals surface area contributed by atoms with Gasteiger partial charge in [0.05, 0.1) is 17.1 Å². The molecule has 0 fully saturated rings. The molecule has 184 valence electrons. The molecule has 6 aromatic heterocycles.